The lowest BCUT2D eigenvalue weighted by atomic mass is 10.0. The molecule has 0 saturated carbocycles. The molecule has 1 aliphatic rings. The molecular formula is C20H23N3O2S2. The van der Waals surface area contributed by atoms with Gasteiger partial charge in [-0.05, 0) is 63.2 Å². The van der Waals surface area contributed by atoms with E-state index >= 15 is 0 Å². The van der Waals surface area contributed by atoms with Crippen molar-refractivity contribution in [1.29, 1.82) is 0 Å². The number of thiophene rings is 1. The number of rotatable bonds is 4. The summed E-state index contributed by atoms with van der Waals surface area (Å²) in [5.41, 5.74) is 2.95. The fourth-order valence-electron chi connectivity index (χ4n) is 3.50. The van der Waals surface area contributed by atoms with Gasteiger partial charge >= 0.3 is 0 Å². The molecule has 142 valence electrons. The average Bonchev–Trinajstić information content (AvgIpc) is 3.08. The Morgan fingerprint density at radius 1 is 1.33 bits per heavy atom. The Morgan fingerprint density at radius 3 is 2.81 bits per heavy atom. The van der Waals surface area contributed by atoms with E-state index in [2.05, 4.69) is 23.0 Å². The zero-order valence-corrected chi connectivity index (χ0v) is 17.4. The standard InChI is InChI=1S/C20H23N3O2S2/c1-12-10-13(4-5-16(12)25-3)15-11-26-19-17(15)18(24)21-20(22-19)27-14-6-8-23(2)9-7-14/h4-5,10-11,14H,6-9H2,1-3H3,(H,21,22,24). The van der Waals surface area contributed by atoms with Crippen LogP contribution >= 0.6 is 23.1 Å². The Balaban J connectivity index is 1.66. The molecule has 1 aromatic carbocycles. The number of benzene rings is 1. The molecule has 1 N–H and O–H groups in total. The maximum absolute atomic E-state index is 12.8. The lowest BCUT2D eigenvalue weighted by molar-refractivity contribution is 0.282. The van der Waals surface area contributed by atoms with Gasteiger partial charge in [-0.2, -0.15) is 0 Å². The highest BCUT2D eigenvalue weighted by Gasteiger charge is 2.20. The zero-order valence-electron chi connectivity index (χ0n) is 15.7. The summed E-state index contributed by atoms with van der Waals surface area (Å²) < 4.78 is 5.34. The number of likely N-dealkylation sites (tertiary alicyclic amines) is 1. The molecule has 0 aliphatic carbocycles. The minimum atomic E-state index is -0.0554. The Hall–Kier alpha value is -1.83. The first-order valence-electron chi connectivity index (χ1n) is 9.07. The maximum Gasteiger partial charge on any atom is 0.260 e. The van der Waals surface area contributed by atoms with Gasteiger partial charge in [0.25, 0.3) is 5.56 Å². The molecule has 0 spiro atoms. The molecule has 4 rings (SSSR count). The van der Waals surface area contributed by atoms with Crippen molar-refractivity contribution in [2.45, 2.75) is 30.2 Å². The highest BCUT2D eigenvalue weighted by atomic mass is 32.2. The van der Waals surface area contributed by atoms with E-state index in [4.69, 9.17) is 9.72 Å². The summed E-state index contributed by atoms with van der Waals surface area (Å²) >= 11 is 3.24. The molecule has 2 aromatic heterocycles. The van der Waals surface area contributed by atoms with Crippen LogP contribution in [0.4, 0.5) is 0 Å². The Kier molecular flexibility index (Phi) is 5.25. The topological polar surface area (TPSA) is 58.2 Å². The SMILES string of the molecule is COc1ccc(-c2csc3nc(SC4CCN(C)CC4)[nH]c(=O)c23)cc1C. The molecular weight excluding hydrogens is 378 g/mol. The smallest absolute Gasteiger partial charge is 0.260 e. The number of ether oxygens (including phenoxy) is 1. The van der Waals surface area contributed by atoms with Crippen LogP contribution in [-0.2, 0) is 0 Å². The van der Waals surface area contributed by atoms with Crippen molar-refractivity contribution in [1.82, 2.24) is 14.9 Å². The van der Waals surface area contributed by atoms with Gasteiger partial charge < -0.3 is 14.6 Å². The molecule has 7 heteroatoms. The third-order valence-electron chi connectivity index (χ3n) is 5.07. The van der Waals surface area contributed by atoms with E-state index in [1.807, 2.05) is 24.4 Å². The molecule has 5 nitrogen and oxygen atoms in total. The number of aromatic nitrogens is 2. The van der Waals surface area contributed by atoms with E-state index in [0.29, 0.717) is 10.6 Å². The highest BCUT2D eigenvalue weighted by molar-refractivity contribution is 7.99. The number of aromatic amines is 1. The summed E-state index contributed by atoms with van der Waals surface area (Å²) in [6.07, 6.45) is 2.26. The molecule has 1 fully saturated rings. The Labute approximate surface area is 166 Å². The van der Waals surface area contributed by atoms with Gasteiger partial charge in [0.15, 0.2) is 5.16 Å². The van der Waals surface area contributed by atoms with E-state index in [0.717, 1.165) is 58.4 Å². The molecule has 0 bridgehead atoms. The number of nitrogens with zero attached hydrogens (tertiary/aromatic N) is 2. The van der Waals surface area contributed by atoms with E-state index < -0.39 is 0 Å². The lowest BCUT2D eigenvalue weighted by Gasteiger charge is -2.27. The van der Waals surface area contributed by atoms with Gasteiger partial charge in [0.1, 0.15) is 10.6 Å². The number of H-pyrrole nitrogens is 1. The Bertz CT molecular complexity index is 1020. The van der Waals surface area contributed by atoms with E-state index in [-0.39, 0.29) is 5.56 Å². The van der Waals surface area contributed by atoms with Gasteiger partial charge in [-0.1, -0.05) is 17.8 Å². The van der Waals surface area contributed by atoms with E-state index in [1.54, 1.807) is 18.9 Å². The lowest BCUT2D eigenvalue weighted by Crippen LogP contribution is -2.31. The van der Waals surface area contributed by atoms with Crippen molar-refractivity contribution in [3.63, 3.8) is 0 Å². The second-order valence-corrected chi connectivity index (χ2v) is 9.15. The van der Waals surface area contributed by atoms with Gasteiger partial charge in [-0.15, -0.1) is 11.3 Å². The summed E-state index contributed by atoms with van der Waals surface area (Å²) in [6, 6.07) is 6.00. The third kappa shape index (κ3) is 3.77. The summed E-state index contributed by atoms with van der Waals surface area (Å²) in [6.45, 7) is 4.21. The number of thioether (sulfide) groups is 1. The minimum absolute atomic E-state index is 0.0554. The Morgan fingerprint density at radius 2 is 2.11 bits per heavy atom. The predicted octanol–water partition coefficient (Wildman–Crippen LogP) is 4.15. The first-order valence-corrected chi connectivity index (χ1v) is 10.8. The second kappa shape index (κ2) is 7.66. The summed E-state index contributed by atoms with van der Waals surface area (Å²) in [5, 5.41) is 3.96. The molecule has 27 heavy (non-hydrogen) atoms. The average molecular weight is 402 g/mol. The minimum Gasteiger partial charge on any atom is -0.496 e. The largest absolute Gasteiger partial charge is 0.496 e. The van der Waals surface area contributed by atoms with Gasteiger partial charge in [0, 0.05) is 16.2 Å². The number of hydrogen-bond acceptors (Lipinski definition) is 6. The van der Waals surface area contributed by atoms with Crippen LogP contribution in [0, 0.1) is 6.92 Å². The van der Waals surface area contributed by atoms with Gasteiger partial charge in [-0.25, -0.2) is 4.98 Å². The van der Waals surface area contributed by atoms with Gasteiger partial charge in [0.2, 0.25) is 0 Å². The van der Waals surface area contributed by atoms with Crippen molar-refractivity contribution in [3.8, 4) is 16.9 Å². The fraction of sp³-hybridized carbons (Fsp3) is 0.400. The van der Waals surface area contributed by atoms with E-state index in [1.165, 1.54) is 11.3 Å². The molecule has 0 unspecified atom stereocenters. The molecule has 1 aliphatic heterocycles. The number of hydrogen-bond donors (Lipinski definition) is 1. The highest BCUT2D eigenvalue weighted by Crippen LogP contribution is 2.34. The molecule has 0 radical (unpaired) electrons. The number of nitrogens with one attached hydrogen (secondary N) is 1. The van der Waals surface area contributed by atoms with Crippen LogP contribution in [0.2, 0.25) is 0 Å². The van der Waals surface area contributed by atoms with Crippen LogP contribution in [0.15, 0.2) is 33.5 Å². The predicted molar refractivity (Wildman–Crippen MR) is 113 cm³/mol. The van der Waals surface area contributed by atoms with Crippen LogP contribution in [-0.4, -0.2) is 47.4 Å². The normalized spacial score (nSPS) is 16.1. The van der Waals surface area contributed by atoms with Crippen LogP contribution in [0.5, 0.6) is 5.75 Å². The second-order valence-electron chi connectivity index (χ2n) is 7.01. The number of methoxy groups -OCH3 is 1. The molecule has 1 saturated heterocycles. The van der Waals surface area contributed by atoms with Crippen LogP contribution < -0.4 is 10.3 Å². The maximum atomic E-state index is 12.8. The van der Waals surface area contributed by atoms with Crippen molar-refractivity contribution >= 4 is 33.3 Å². The number of fused-ring (bicyclic) bond motifs is 1. The molecule has 3 heterocycles. The van der Waals surface area contributed by atoms with Crippen molar-refractivity contribution in [3.05, 3.63) is 39.5 Å². The van der Waals surface area contributed by atoms with Gasteiger partial charge in [-0.3, -0.25) is 4.79 Å². The zero-order chi connectivity index (χ0) is 19.0. The molecule has 3 aromatic rings. The number of aryl methyl sites for hydroxylation is 1. The van der Waals surface area contributed by atoms with Crippen LogP contribution in [0.3, 0.4) is 0 Å². The fourth-order valence-corrected chi connectivity index (χ4v) is 5.57. The summed E-state index contributed by atoms with van der Waals surface area (Å²) in [7, 11) is 3.82. The first kappa shape index (κ1) is 18.5. The van der Waals surface area contributed by atoms with Crippen LogP contribution in [0.25, 0.3) is 21.3 Å². The monoisotopic (exact) mass is 401 g/mol. The van der Waals surface area contributed by atoms with Crippen molar-refractivity contribution in [2.24, 2.45) is 0 Å². The third-order valence-corrected chi connectivity index (χ3v) is 7.17. The summed E-state index contributed by atoms with van der Waals surface area (Å²) in [4.78, 5) is 23.7. The molecule has 0 atom stereocenters. The van der Waals surface area contributed by atoms with Crippen LogP contribution in [0.1, 0.15) is 18.4 Å². The van der Waals surface area contributed by atoms with E-state index in [9.17, 15) is 4.79 Å². The van der Waals surface area contributed by atoms with Crippen molar-refractivity contribution < 1.29 is 4.74 Å². The van der Waals surface area contributed by atoms with Gasteiger partial charge in [0.05, 0.1) is 12.5 Å². The van der Waals surface area contributed by atoms with Crippen molar-refractivity contribution in [2.75, 3.05) is 27.2 Å². The quantitative estimate of drug-likeness (QED) is 0.666. The summed E-state index contributed by atoms with van der Waals surface area (Å²) in [5.74, 6) is 0.849. The number of piperidine rings is 1. The first-order chi connectivity index (χ1) is 13.0. The molecule has 0 amide bonds.